The minimum absolute atomic E-state index is 0.200. The number of anilines is 1. The monoisotopic (exact) mass is 281 g/mol. The number of phenolic OH excluding ortho intramolecular Hbond substituents is 1. The van der Waals surface area contributed by atoms with E-state index in [1.165, 1.54) is 0 Å². The molecule has 0 fully saturated rings. The van der Waals surface area contributed by atoms with Crippen LogP contribution in [-0.2, 0) is 0 Å². The van der Waals surface area contributed by atoms with Crippen LogP contribution in [0.5, 0.6) is 5.75 Å². The molecule has 5 heteroatoms. The lowest BCUT2D eigenvalue weighted by Crippen LogP contribution is -1.92. The van der Waals surface area contributed by atoms with Gasteiger partial charge in [0.2, 0.25) is 0 Å². The molecule has 16 heavy (non-hydrogen) atoms. The highest BCUT2D eigenvalue weighted by molar-refractivity contribution is 9.10. The van der Waals surface area contributed by atoms with Crippen LogP contribution in [0.2, 0.25) is 0 Å². The third-order valence-corrected chi connectivity index (χ3v) is 3.56. The molecule has 0 aliphatic carbocycles. The second kappa shape index (κ2) is 3.83. The van der Waals surface area contributed by atoms with Crippen molar-refractivity contribution in [2.45, 2.75) is 13.8 Å². The molecule has 0 saturated heterocycles. The molecule has 0 aliphatic heterocycles. The first-order valence-corrected chi connectivity index (χ1v) is 5.59. The summed E-state index contributed by atoms with van der Waals surface area (Å²) in [7, 11) is 0. The number of nitrogens with two attached hydrogens (primary N) is 1. The van der Waals surface area contributed by atoms with E-state index in [0.29, 0.717) is 15.9 Å². The number of aromatic nitrogens is 2. The van der Waals surface area contributed by atoms with E-state index in [4.69, 9.17) is 5.73 Å². The number of benzene rings is 1. The molecule has 0 saturated carbocycles. The molecular formula is C11H12BrN3O. The Labute approximate surface area is 102 Å². The number of nitrogen functional groups attached to an aromatic ring is 1. The zero-order valence-electron chi connectivity index (χ0n) is 9.00. The summed E-state index contributed by atoms with van der Waals surface area (Å²) in [6, 6.07) is 1.99. The van der Waals surface area contributed by atoms with Gasteiger partial charge in [0, 0.05) is 11.1 Å². The second-order valence-electron chi connectivity index (χ2n) is 3.75. The number of aryl methyl sites for hydroxylation is 2. The van der Waals surface area contributed by atoms with Gasteiger partial charge in [0.05, 0.1) is 10.7 Å². The molecule has 0 atom stereocenters. The van der Waals surface area contributed by atoms with Crippen LogP contribution < -0.4 is 5.73 Å². The number of halogens is 1. The fourth-order valence-electron chi connectivity index (χ4n) is 1.78. The molecule has 4 N–H and O–H groups in total. The molecule has 1 aromatic carbocycles. The van der Waals surface area contributed by atoms with Crippen molar-refractivity contribution in [3.8, 4) is 16.9 Å². The summed E-state index contributed by atoms with van der Waals surface area (Å²) in [5, 5.41) is 16.6. The Bertz CT molecular complexity index is 548. The number of aromatic hydroxyl groups is 1. The van der Waals surface area contributed by atoms with Gasteiger partial charge in [-0.25, -0.2) is 0 Å². The SMILES string of the molecule is Cc1cc(C)c(-c2cn[nH]c2N)c(O)c1Br. The average molecular weight is 282 g/mol. The van der Waals surface area contributed by atoms with Crippen LogP contribution in [0.25, 0.3) is 11.1 Å². The standard InChI is InChI=1S/C11H12BrN3O/c1-5-3-6(2)9(12)10(16)8(5)7-4-14-15-11(7)13/h3-4,16H,1-2H3,(H3,13,14,15). The van der Waals surface area contributed by atoms with Crippen molar-refractivity contribution in [3.63, 3.8) is 0 Å². The lowest BCUT2D eigenvalue weighted by molar-refractivity contribution is 0.473. The maximum Gasteiger partial charge on any atom is 0.138 e. The molecular weight excluding hydrogens is 270 g/mol. The minimum Gasteiger partial charge on any atom is -0.506 e. The van der Waals surface area contributed by atoms with E-state index in [9.17, 15) is 5.11 Å². The van der Waals surface area contributed by atoms with Crippen LogP contribution in [-0.4, -0.2) is 15.3 Å². The predicted molar refractivity (Wildman–Crippen MR) is 67.3 cm³/mol. The number of nitrogens with zero attached hydrogens (tertiary/aromatic N) is 1. The van der Waals surface area contributed by atoms with Gasteiger partial charge in [0.25, 0.3) is 0 Å². The normalized spacial score (nSPS) is 10.7. The first-order chi connectivity index (χ1) is 7.52. The number of nitrogens with one attached hydrogen (secondary N) is 1. The van der Waals surface area contributed by atoms with E-state index in [1.807, 2.05) is 19.9 Å². The van der Waals surface area contributed by atoms with Gasteiger partial charge in [0.1, 0.15) is 11.6 Å². The smallest absolute Gasteiger partial charge is 0.138 e. The van der Waals surface area contributed by atoms with Crippen molar-refractivity contribution < 1.29 is 5.11 Å². The Morgan fingerprint density at radius 1 is 1.38 bits per heavy atom. The third-order valence-electron chi connectivity index (χ3n) is 2.56. The summed E-state index contributed by atoms with van der Waals surface area (Å²) in [5.74, 6) is 0.653. The van der Waals surface area contributed by atoms with Crippen LogP contribution in [0.3, 0.4) is 0 Å². The highest BCUT2D eigenvalue weighted by atomic mass is 79.9. The molecule has 1 aromatic heterocycles. The van der Waals surface area contributed by atoms with Crippen LogP contribution in [0.4, 0.5) is 5.82 Å². The van der Waals surface area contributed by atoms with Gasteiger partial charge in [-0.3, -0.25) is 5.10 Å². The molecule has 1 heterocycles. The Kier molecular flexibility index (Phi) is 2.63. The Hall–Kier alpha value is -1.49. The van der Waals surface area contributed by atoms with Gasteiger partial charge >= 0.3 is 0 Å². The van der Waals surface area contributed by atoms with Crippen LogP contribution >= 0.6 is 15.9 Å². The van der Waals surface area contributed by atoms with E-state index >= 15 is 0 Å². The molecule has 84 valence electrons. The van der Waals surface area contributed by atoms with Crippen molar-refractivity contribution in [1.82, 2.24) is 10.2 Å². The quantitative estimate of drug-likeness (QED) is 0.752. The molecule has 0 amide bonds. The summed E-state index contributed by atoms with van der Waals surface area (Å²) in [6.07, 6.45) is 1.61. The predicted octanol–water partition coefficient (Wildman–Crippen LogP) is 2.74. The number of hydrogen-bond donors (Lipinski definition) is 3. The molecule has 0 unspecified atom stereocenters. The highest BCUT2D eigenvalue weighted by Gasteiger charge is 2.16. The Balaban J connectivity index is 2.76. The molecule has 2 aromatic rings. The van der Waals surface area contributed by atoms with Crippen molar-refractivity contribution in [2.75, 3.05) is 5.73 Å². The highest BCUT2D eigenvalue weighted by Crippen LogP contribution is 2.41. The van der Waals surface area contributed by atoms with E-state index in [0.717, 1.165) is 16.7 Å². The van der Waals surface area contributed by atoms with Crippen LogP contribution in [0.1, 0.15) is 11.1 Å². The largest absolute Gasteiger partial charge is 0.506 e. The van der Waals surface area contributed by atoms with Gasteiger partial charge in [-0.2, -0.15) is 5.10 Å². The number of hydrogen-bond acceptors (Lipinski definition) is 3. The van der Waals surface area contributed by atoms with Crippen molar-refractivity contribution in [2.24, 2.45) is 0 Å². The third kappa shape index (κ3) is 1.57. The lowest BCUT2D eigenvalue weighted by atomic mass is 9.99. The summed E-state index contributed by atoms with van der Waals surface area (Å²) in [4.78, 5) is 0. The van der Waals surface area contributed by atoms with Gasteiger partial charge < -0.3 is 10.8 Å². The fraction of sp³-hybridized carbons (Fsp3) is 0.182. The minimum atomic E-state index is 0.200. The second-order valence-corrected chi connectivity index (χ2v) is 4.54. The lowest BCUT2D eigenvalue weighted by Gasteiger charge is -2.11. The topological polar surface area (TPSA) is 74.9 Å². The molecule has 0 bridgehead atoms. The first kappa shape index (κ1) is 11.0. The van der Waals surface area contributed by atoms with Gasteiger partial charge in [-0.15, -0.1) is 0 Å². The van der Waals surface area contributed by atoms with E-state index < -0.39 is 0 Å². The molecule has 0 aliphatic rings. The molecule has 2 rings (SSSR count). The van der Waals surface area contributed by atoms with Crippen molar-refractivity contribution in [3.05, 3.63) is 27.9 Å². The zero-order chi connectivity index (χ0) is 11.9. The van der Waals surface area contributed by atoms with E-state index in [-0.39, 0.29) is 5.75 Å². The van der Waals surface area contributed by atoms with Gasteiger partial charge in [-0.05, 0) is 40.9 Å². The van der Waals surface area contributed by atoms with Gasteiger partial charge in [0.15, 0.2) is 0 Å². The number of rotatable bonds is 1. The Morgan fingerprint density at radius 2 is 2.06 bits per heavy atom. The average Bonchev–Trinajstić information content (AvgIpc) is 2.62. The van der Waals surface area contributed by atoms with Crippen molar-refractivity contribution in [1.29, 1.82) is 0 Å². The van der Waals surface area contributed by atoms with Crippen LogP contribution in [0.15, 0.2) is 16.7 Å². The van der Waals surface area contributed by atoms with Crippen LogP contribution in [0, 0.1) is 13.8 Å². The summed E-state index contributed by atoms with van der Waals surface area (Å²) < 4.78 is 0.689. The maximum absolute atomic E-state index is 10.1. The number of aromatic amines is 1. The summed E-state index contributed by atoms with van der Waals surface area (Å²) in [6.45, 7) is 3.86. The number of H-pyrrole nitrogens is 1. The molecule has 0 spiro atoms. The van der Waals surface area contributed by atoms with E-state index in [1.54, 1.807) is 6.20 Å². The number of phenols is 1. The first-order valence-electron chi connectivity index (χ1n) is 4.80. The fourth-order valence-corrected chi connectivity index (χ4v) is 2.09. The Morgan fingerprint density at radius 3 is 2.62 bits per heavy atom. The molecule has 0 radical (unpaired) electrons. The maximum atomic E-state index is 10.1. The summed E-state index contributed by atoms with van der Waals surface area (Å²) >= 11 is 3.35. The zero-order valence-corrected chi connectivity index (χ0v) is 10.6. The molecule has 4 nitrogen and oxygen atoms in total. The van der Waals surface area contributed by atoms with Gasteiger partial charge in [-0.1, -0.05) is 6.07 Å². The summed E-state index contributed by atoms with van der Waals surface area (Å²) in [5.41, 5.74) is 9.14. The van der Waals surface area contributed by atoms with E-state index in [2.05, 4.69) is 26.1 Å². The van der Waals surface area contributed by atoms with Crippen molar-refractivity contribution >= 4 is 21.7 Å².